The molecule has 0 bridgehead atoms. The summed E-state index contributed by atoms with van der Waals surface area (Å²) in [6.45, 7) is 8.35. The minimum absolute atomic E-state index is 0.0341. The molecular weight excluding hydrogens is 284 g/mol. The standard InChI is InChI=1S/C20H26N2O/c1-5-16-8-10-18(11-9-16)20(14(2)3)22-19(23)12-17-7-6-15(4)21-13-17/h6-11,13-14,20H,5,12H2,1-4H3,(H,22,23). The van der Waals surface area contributed by atoms with E-state index in [1.807, 2.05) is 19.1 Å². The molecule has 1 heterocycles. The Balaban J connectivity index is 2.06. The fourth-order valence-corrected chi connectivity index (χ4v) is 2.61. The largest absolute Gasteiger partial charge is 0.349 e. The topological polar surface area (TPSA) is 42.0 Å². The predicted molar refractivity (Wildman–Crippen MR) is 94.2 cm³/mol. The summed E-state index contributed by atoms with van der Waals surface area (Å²) in [5, 5.41) is 3.17. The maximum absolute atomic E-state index is 12.4. The zero-order chi connectivity index (χ0) is 16.8. The van der Waals surface area contributed by atoms with Crippen LogP contribution < -0.4 is 5.32 Å². The maximum atomic E-state index is 12.4. The highest BCUT2D eigenvalue weighted by atomic mass is 16.1. The van der Waals surface area contributed by atoms with E-state index in [-0.39, 0.29) is 11.9 Å². The average Bonchev–Trinajstić information content (AvgIpc) is 2.55. The lowest BCUT2D eigenvalue weighted by Gasteiger charge is -2.23. The van der Waals surface area contributed by atoms with Crippen LogP contribution in [0, 0.1) is 12.8 Å². The fourth-order valence-electron chi connectivity index (χ4n) is 2.61. The lowest BCUT2D eigenvalue weighted by Crippen LogP contribution is -2.32. The lowest BCUT2D eigenvalue weighted by atomic mass is 9.94. The van der Waals surface area contributed by atoms with Crippen molar-refractivity contribution in [2.45, 2.75) is 46.6 Å². The third kappa shape index (κ3) is 4.92. The molecule has 1 atom stereocenters. The molecule has 0 spiro atoms. The lowest BCUT2D eigenvalue weighted by molar-refractivity contribution is -0.121. The predicted octanol–water partition coefficient (Wildman–Crippen LogP) is 4.01. The molecule has 1 N–H and O–H groups in total. The van der Waals surface area contributed by atoms with Gasteiger partial charge >= 0.3 is 0 Å². The molecule has 0 aliphatic carbocycles. The second-order valence-electron chi connectivity index (χ2n) is 6.37. The van der Waals surface area contributed by atoms with Gasteiger partial charge in [0.25, 0.3) is 0 Å². The van der Waals surface area contributed by atoms with Gasteiger partial charge in [-0.15, -0.1) is 0 Å². The van der Waals surface area contributed by atoms with Crippen molar-refractivity contribution in [2.75, 3.05) is 0 Å². The molecule has 23 heavy (non-hydrogen) atoms. The number of nitrogens with zero attached hydrogens (tertiary/aromatic N) is 1. The van der Waals surface area contributed by atoms with E-state index in [9.17, 15) is 4.79 Å². The van der Waals surface area contributed by atoms with Crippen LogP contribution in [0.5, 0.6) is 0 Å². The molecule has 1 amide bonds. The number of hydrogen-bond acceptors (Lipinski definition) is 2. The van der Waals surface area contributed by atoms with E-state index in [2.05, 4.69) is 55.3 Å². The second-order valence-corrected chi connectivity index (χ2v) is 6.37. The molecule has 2 aromatic rings. The molecule has 0 saturated carbocycles. The van der Waals surface area contributed by atoms with Gasteiger partial charge in [-0.1, -0.05) is 51.1 Å². The van der Waals surface area contributed by atoms with E-state index >= 15 is 0 Å². The van der Waals surface area contributed by atoms with Gasteiger partial charge in [0.15, 0.2) is 0 Å². The number of nitrogens with one attached hydrogen (secondary N) is 1. The molecule has 2 rings (SSSR count). The zero-order valence-electron chi connectivity index (χ0n) is 14.5. The van der Waals surface area contributed by atoms with Gasteiger partial charge in [0, 0.05) is 11.9 Å². The summed E-state index contributed by atoms with van der Waals surface area (Å²) < 4.78 is 0. The van der Waals surface area contributed by atoms with E-state index in [0.29, 0.717) is 12.3 Å². The normalized spacial score (nSPS) is 12.2. The Bertz CT molecular complexity index is 630. The number of carbonyl (C=O) groups excluding carboxylic acids is 1. The summed E-state index contributed by atoms with van der Waals surface area (Å²) in [4.78, 5) is 16.6. The number of aromatic nitrogens is 1. The number of benzene rings is 1. The Labute approximate surface area is 139 Å². The number of pyridine rings is 1. The first-order chi connectivity index (χ1) is 11.0. The smallest absolute Gasteiger partial charge is 0.224 e. The third-order valence-electron chi connectivity index (χ3n) is 4.07. The van der Waals surface area contributed by atoms with Crippen molar-refractivity contribution in [2.24, 2.45) is 5.92 Å². The highest BCUT2D eigenvalue weighted by Gasteiger charge is 2.18. The Kier molecular flexibility index (Phi) is 5.91. The number of amides is 1. The van der Waals surface area contributed by atoms with Crippen molar-refractivity contribution in [3.05, 3.63) is 65.0 Å². The van der Waals surface area contributed by atoms with E-state index in [4.69, 9.17) is 0 Å². The molecular formula is C20H26N2O. The van der Waals surface area contributed by atoms with Crippen LogP contribution in [0.1, 0.15) is 49.2 Å². The third-order valence-corrected chi connectivity index (χ3v) is 4.07. The Hall–Kier alpha value is -2.16. The van der Waals surface area contributed by atoms with Crippen LogP contribution >= 0.6 is 0 Å². The van der Waals surface area contributed by atoms with Crippen LogP contribution in [-0.2, 0) is 17.6 Å². The van der Waals surface area contributed by atoms with Crippen molar-refractivity contribution in [1.82, 2.24) is 10.3 Å². The van der Waals surface area contributed by atoms with Gasteiger partial charge in [-0.05, 0) is 42.0 Å². The molecule has 122 valence electrons. The molecule has 0 fully saturated rings. The molecule has 1 aromatic carbocycles. The molecule has 0 saturated heterocycles. The van der Waals surface area contributed by atoms with Crippen molar-refractivity contribution in [3.8, 4) is 0 Å². The Morgan fingerprint density at radius 3 is 2.26 bits per heavy atom. The highest BCUT2D eigenvalue weighted by molar-refractivity contribution is 5.79. The van der Waals surface area contributed by atoms with Gasteiger partial charge in [-0.3, -0.25) is 9.78 Å². The molecule has 3 nitrogen and oxygen atoms in total. The molecule has 3 heteroatoms. The van der Waals surface area contributed by atoms with Gasteiger partial charge in [0.05, 0.1) is 12.5 Å². The Morgan fingerprint density at radius 1 is 1.09 bits per heavy atom. The second kappa shape index (κ2) is 7.91. The van der Waals surface area contributed by atoms with Crippen molar-refractivity contribution in [1.29, 1.82) is 0 Å². The van der Waals surface area contributed by atoms with Crippen LogP contribution in [0.25, 0.3) is 0 Å². The van der Waals surface area contributed by atoms with E-state index in [0.717, 1.165) is 23.2 Å². The van der Waals surface area contributed by atoms with Crippen molar-refractivity contribution < 1.29 is 4.79 Å². The highest BCUT2D eigenvalue weighted by Crippen LogP contribution is 2.22. The van der Waals surface area contributed by atoms with Gasteiger partial charge < -0.3 is 5.32 Å². The quantitative estimate of drug-likeness (QED) is 0.876. The Morgan fingerprint density at radius 2 is 1.74 bits per heavy atom. The molecule has 1 unspecified atom stereocenters. The van der Waals surface area contributed by atoms with Crippen molar-refractivity contribution >= 4 is 5.91 Å². The summed E-state index contributed by atoms with van der Waals surface area (Å²) >= 11 is 0. The summed E-state index contributed by atoms with van der Waals surface area (Å²) in [5.41, 5.74) is 4.38. The number of rotatable bonds is 6. The van der Waals surface area contributed by atoms with Gasteiger partial charge in [-0.2, -0.15) is 0 Å². The summed E-state index contributed by atoms with van der Waals surface area (Å²) in [7, 11) is 0. The molecule has 0 radical (unpaired) electrons. The summed E-state index contributed by atoms with van der Waals surface area (Å²) in [6.07, 6.45) is 3.16. The van der Waals surface area contributed by atoms with E-state index in [1.54, 1.807) is 6.20 Å². The molecule has 0 aliphatic rings. The van der Waals surface area contributed by atoms with Crippen molar-refractivity contribution in [3.63, 3.8) is 0 Å². The summed E-state index contributed by atoms with van der Waals surface area (Å²) in [6, 6.07) is 12.5. The first-order valence-corrected chi connectivity index (χ1v) is 8.29. The van der Waals surface area contributed by atoms with Crippen LogP contribution in [0.3, 0.4) is 0 Å². The van der Waals surface area contributed by atoms with E-state index < -0.39 is 0 Å². The minimum atomic E-state index is 0.0341. The van der Waals surface area contributed by atoms with Crippen LogP contribution in [0.15, 0.2) is 42.6 Å². The van der Waals surface area contributed by atoms with Crippen LogP contribution in [-0.4, -0.2) is 10.9 Å². The average molecular weight is 310 g/mol. The van der Waals surface area contributed by atoms with Crippen LogP contribution in [0.4, 0.5) is 0 Å². The van der Waals surface area contributed by atoms with Gasteiger partial charge in [0.1, 0.15) is 0 Å². The maximum Gasteiger partial charge on any atom is 0.224 e. The SMILES string of the molecule is CCc1ccc(C(NC(=O)Cc2ccc(C)nc2)C(C)C)cc1. The summed E-state index contributed by atoms with van der Waals surface area (Å²) in [5.74, 6) is 0.372. The minimum Gasteiger partial charge on any atom is -0.349 e. The molecule has 0 aliphatic heterocycles. The zero-order valence-corrected chi connectivity index (χ0v) is 14.5. The van der Waals surface area contributed by atoms with Gasteiger partial charge in [-0.25, -0.2) is 0 Å². The first kappa shape index (κ1) is 17.2. The first-order valence-electron chi connectivity index (χ1n) is 8.29. The number of hydrogen-bond donors (Lipinski definition) is 1. The molecule has 1 aromatic heterocycles. The van der Waals surface area contributed by atoms with E-state index in [1.165, 1.54) is 5.56 Å². The fraction of sp³-hybridized carbons (Fsp3) is 0.400. The number of carbonyl (C=O) groups is 1. The monoisotopic (exact) mass is 310 g/mol. The number of aryl methyl sites for hydroxylation is 2. The van der Waals surface area contributed by atoms with Crippen LogP contribution in [0.2, 0.25) is 0 Å². The van der Waals surface area contributed by atoms with Gasteiger partial charge in [0.2, 0.25) is 5.91 Å².